The van der Waals surface area contributed by atoms with Crippen molar-refractivity contribution in [3.05, 3.63) is 30.6 Å². The molecule has 0 radical (unpaired) electrons. The van der Waals surface area contributed by atoms with Crippen LogP contribution in [-0.2, 0) is 14.8 Å². The molecule has 142 valence electrons. The van der Waals surface area contributed by atoms with Gasteiger partial charge < -0.3 is 19.1 Å². The Bertz CT molecular complexity index is 878. The molecule has 1 aliphatic rings. The van der Waals surface area contributed by atoms with Crippen molar-refractivity contribution in [3.63, 3.8) is 0 Å². The molecule has 1 saturated heterocycles. The number of hydrogen-bond donors (Lipinski definition) is 1. The second kappa shape index (κ2) is 7.26. The SMILES string of the molecule is COc1ccc(-c2nccn2[C@@H]2COC[C@@H]2CS(=O)(=O)N(C)C)cc1O. The molecule has 1 fully saturated rings. The summed E-state index contributed by atoms with van der Waals surface area (Å²) in [5.74, 6) is 0.878. The molecule has 9 heteroatoms. The lowest BCUT2D eigenvalue weighted by molar-refractivity contribution is 0.182. The number of hydrogen-bond acceptors (Lipinski definition) is 6. The molecule has 26 heavy (non-hydrogen) atoms. The van der Waals surface area contributed by atoms with Crippen LogP contribution in [0.3, 0.4) is 0 Å². The molecule has 0 spiro atoms. The minimum atomic E-state index is -3.34. The van der Waals surface area contributed by atoms with E-state index in [1.54, 1.807) is 24.4 Å². The van der Waals surface area contributed by atoms with Crippen molar-refractivity contribution in [2.75, 3.05) is 40.2 Å². The van der Waals surface area contributed by atoms with E-state index in [-0.39, 0.29) is 23.5 Å². The van der Waals surface area contributed by atoms with Crippen LogP contribution in [0.25, 0.3) is 11.4 Å². The Morgan fingerprint density at radius 1 is 1.38 bits per heavy atom. The van der Waals surface area contributed by atoms with Crippen molar-refractivity contribution in [1.29, 1.82) is 0 Å². The average Bonchev–Trinajstić information content (AvgIpc) is 3.22. The number of rotatable bonds is 6. The number of imidazole rings is 1. The lowest BCUT2D eigenvalue weighted by Crippen LogP contribution is -2.32. The van der Waals surface area contributed by atoms with Gasteiger partial charge in [0.1, 0.15) is 5.82 Å². The third kappa shape index (κ3) is 3.55. The lowest BCUT2D eigenvalue weighted by atomic mass is 10.1. The average molecular weight is 381 g/mol. The van der Waals surface area contributed by atoms with Gasteiger partial charge in [0.15, 0.2) is 11.5 Å². The highest BCUT2D eigenvalue weighted by Crippen LogP contribution is 2.34. The van der Waals surface area contributed by atoms with E-state index in [4.69, 9.17) is 9.47 Å². The zero-order chi connectivity index (χ0) is 18.9. The van der Waals surface area contributed by atoms with Crippen molar-refractivity contribution >= 4 is 10.0 Å². The van der Waals surface area contributed by atoms with E-state index in [1.807, 2.05) is 10.8 Å². The van der Waals surface area contributed by atoms with E-state index < -0.39 is 10.0 Å². The van der Waals surface area contributed by atoms with Crippen LogP contribution in [0.15, 0.2) is 30.6 Å². The number of phenols is 1. The molecule has 2 aromatic rings. The summed E-state index contributed by atoms with van der Waals surface area (Å²) in [6, 6.07) is 4.91. The van der Waals surface area contributed by atoms with Crippen molar-refractivity contribution < 1.29 is 23.0 Å². The maximum Gasteiger partial charge on any atom is 0.214 e. The highest BCUT2D eigenvalue weighted by molar-refractivity contribution is 7.89. The molecule has 0 aliphatic carbocycles. The summed E-state index contributed by atoms with van der Waals surface area (Å²) in [6.45, 7) is 0.794. The first-order valence-electron chi connectivity index (χ1n) is 8.21. The van der Waals surface area contributed by atoms with Crippen LogP contribution in [0.4, 0.5) is 0 Å². The number of nitrogens with zero attached hydrogens (tertiary/aromatic N) is 3. The van der Waals surface area contributed by atoms with Crippen LogP contribution in [0, 0.1) is 5.92 Å². The minimum absolute atomic E-state index is 0.0101. The Hall–Kier alpha value is -2.10. The van der Waals surface area contributed by atoms with Gasteiger partial charge in [0.2, 0.25) is 10.0 Å². The summed E-state index contributed by atoms with van der Waals surface area (Å²) in [6.07, 6.45) is 3.47. The lowest BCUT2D eigenvalue weighted by Gasteiger charge is -2.22. The number of phenolic OH excluding ortho intramolecular Hbond substituents is 1. The van der Waals surface area contributed by atoms with Crippen LogP contribution in [0.5, 0.6) is 11.5 Å². The summed E-state index contributed by atoms with van der Waals surface area (Å²) in [5.41, 5.74) is 0.717. The molecule has 1 aromatic heterocycles. The molecule has 3 rings (SSSR count). The highest BCUT2D eigenvalue weighted by Gasteiger charge is 2.35. The van der Waals surface area contributed by atoms with E-state index in [9.17, 15) is 13.5 Å². The largest absolute Gasteiger partial charge is 0.504 e. The summed E-state index contributed by atoms with van der Waals surface area (Å²) in [5, 5.41) is 10.0. The number of aromatic nitrogens is 2. The van der Waals surface area contributed by atoms with Gasteiger partial charge in [0.05, 0.1) is 32.1 Å². The monoisotopic (exact) mass is 381 g/mol. The molecule has 2 atom stereocenters. The number of ether oxygens (including phenoxy) is 2. The third-order valence-electron chi connectivity index (χ3n) is 4.61. The summed E-state index contributed by atoms with van der Waals surface area (Å²) in [7, 11) is 1.21. The van der Waals surface area contributed by atoms with Crippen LogP contribution in [-0.4, -0.2) is 67.6 Å². The van der Waals surface area contributed by atoms with Crippen molar-refractivity contribution in [3.8, 4) is 22.9 Å². The molecule has 0 amide bonds. The quantitative estimate of drug-likeness (QED) is 0.812. The first-order chi connectivity index (χ1) is 12.3. The summed E-state index contributed by atoms with van der Waals surface area (Å²) in [4.78, 5) is 4.39. The van der Waals surface area contributed by atoms with Gasteiger partial charge >= 0.3 is 0 Å². The van der Waals surface area contributed by atoms with E-state index in [2.05, 4.69) is 4.98 Å². The molecule has 1 N–H and O–H groups in total. The predicted molar refractivity (Wildman–Crippen MR) is 96.7 cm³/mol. The Morgan fingerprint density at radius 3 is 2.81 bits per heavy atom. The van der Waals surface area contributed by atoms with Gasteiger partial charge in [-0.3, -0.25) is 0 Å². The van der Waals surface area contributed by atoms with E-state index in [1.165, 1.54) is 25.5 Å². The normalized spacial score (nSPS) is 20.6. The van der Waals surface area contributed by atoms with E-state index in [0.29, 0.717) is 24.8 Å². The zero-order valence-corrected chi connectivity index (χ0v) is 15.8. The maximum absolute atomic E-state index is 12.3. The van der Waals surface area contributed by atoms with Gasteiger partial charge in [-0.05, 0) is 18.2 Å². The van der Waals surface area contributed by atoms with Gasteiger partial charge in [0, 0.05) is 38.0 Å². The Kier molecular flexibility index (Phi) is 5.22. The minimum Gasteiger partial charge on any atom is -0.504 e. The first kappa shape index (κ1) is 18.7. The summed E-state index contributed by atoms with van der Waals surface area (Å²) >= 11 is 0. The molecule has 0 bridgehead atoms. The molecule has 8 nitrogen and oxygen atoms in total. The smallest absolute Gasteiger partial charge is 0.214 e. The van der Waals surface area contributed by atoms with Crippen molar-refractivity contribution in [2.45, 2.75) is 6.04 Å². The standard InChI is InChI=1S/C17H23N3O5S/c1-19(2)26(22,23)11-13-9-25-10-14(13)20-7-6-18-17(20)12-4-5-16(24-3)15(21)8-12/h4-8,13-14,21H,9-11H2,1-3H3/t13-,14-/m1/s1. The van der Waals surface area contributed by atoms with Crippen LogP contribution in [0.1, 0.15) is 6.04 Å². The topological polar surface area (TPSA) is 93.9 Å². The number of aromatic hydroxyl groups is 1. The fourth-order valence-corrected chi connectivity index (χ4v) is 4.26. The second-order valence-corrected chi connectivity index (χ2v) is 8.70. The molecule has 2 heterocycles. The fourth-order valence-electron chi connectivity index (χ4n) is 3.11. The number of sulfonamides is 1. The second-order valence-electron chi connectivity index (χ2n) is 6.47. The molecule has 0 saturated carbocycles. The molecule has 0 unspecified atom stereocenters. The fraction of sp³-hybridized carbons (Fsp3) is 0.471. The van der Waals surface area contributed by atoms with E-state index in [0.717, 1.165) is 5.56 Å². The van der Waals surface area contributed by atoms with Crippen molar-refractivity contribution in [1.82, 2.24) is 13.9 Å². The number of methoxy groups -OCH3 is 1. The van der Waals surface area contributed by atoms with Gasteiger partial charge in [-0.25, -0.2) is 17.7 Å². The van der Waals surface area contributed by atoms with Crippen LogP contribution >= 0.6 is 0 Å². The van der Waals surface area contributed by atoms with Crippen LogP contribution < -0.4 is 4.74 Å². The molecular weight excluding hydrogens is 358 g/mol. The molecular formula is C17H23N3O5S. The maximum atomic E-state index is 12.3. The van der Waals surface area contributed by atoms with Gasteiger partial charge in [-0.2, -0.15) is 0 Å². The Labute approximate surface area is 153 Å². The van der Waals surface area contributed by atoms with Crippen LogP contribution in [0.2, 0.25) is 0 Å². The predicted octanol–water partition coefficient (Wildman–Crippen LogP) is 1.34. The van der Waals surface area contributed by atoms with E-state index >= 15 is 0 Å². The highest BCUT2D eigenvalue weighted by atomic mass is 32.2. The molecule has 1 aromatic carbocycles. The van der Waals surface area contributed by atoms with Gasteiger partial charge in [-0.1, -0.05) is 0 Å². The number of benzene rings is 1. The third-order valence-corrected chi connectivity index (χ3v) is 6.57. The zero-order valence-electron chi connectivity index (χ0n) is 15.0. The summed E-state index contributed by atoms with van der Waals surface area (Å²) < 4.78 is 38.3. The van der Waals surface area contributed by atoms with Crippen molar-refractivity contribution in [2.24, 2.45) is 5.92 Å². The Balaban J connectivity index is 1.91. The first-order valence-corrected chi connectivity index (χ1v) is 9.82. The Morgan fingerprint density at radius 2 is 2.15 bits per heavy atom. The van der Waals surface area contributed by atoms with Gasteiger partial charge in [0.25, 0.3) is 0 Å². The molecule has 1 aliphatic heterocycles. The van der Waals surface area contributed by atoms with Gasteiger partial charge in [-0.15, -0.1) is 0 Å².